The SMILES string of the molecule is Cc1cc2ccc(-c3cc4ccnc(-c5cc(C(C)(C)C)c6ccccc6c5)c4s3)cc2o1. The van der Waals surface area contributed by atoms with Gasteiger partial charge in [-0.3, -0.25) is 4.98 Å². The molecule has 0 saturated carbocycles. The molecule has 3 heterocycles. The van der Waals surface area contributed by atoms with Crippen LogP contribution in [0.4, 0.5) is 0 Å². The number of aryl methyl sites for hydroxylation is 1. The molecule has 0 N–H and O–H groups in total. The van der Waals surface area contributed by atoms with Gasteiger partial charge < -0.3 is 4.42 Å². The van der Waals surface area contributed by atoms with Crippen LogP contribution in [0.1, 0.15) is 32.1 Å². The lowest BCUT2D eigenvalue weighted by Gasteiger charge is -2.22. The summed E-state index contributed by atoms with van der Waals surface area (Å²) in [7, 11) is 0. The van der Waals surface area contributed by atoms with E-state index in [0.29, 0.717) is 0 Å². The molecule has 2 nitrogen and oxygen atoms in total. The standard InChI is InChI=1S/C30H25NOS/c1-18-13-20-9-10-21(16-26(20)32-18)27-17-22-11-12-31-28(29(22)33-27)23-14-19-7-5-6-8-24(19)25(15-23)30(2,3)4/h5-17H,1-4H3. The molecular formula is C30H25NOS. The van der Waals surface area contributed by atoms with Crippen LogP contribution in [0.2, 0.25) is 0 Å². The van der Waals surface area contributed by atoms with Crippen LogP contribution in [0.25, 0.3) is 53.5 Å². The van der Waals surface area contributed by atoms with Gasteiger partial charge in [-0.05, 0) is 76.0 Å². The van der Waals surface area contributed by atoms with Crippen molar-refractivity contribution in [2.45, 2.75) is 33.1 Å². The van der Waals surface area contributed by atoms with Crippen molar-refractivity contribution in [2.75, 3.05) is 0 Å². The highest BCUT2D eigenvalue weighted by Crippen LogP contribution is 2.41. The number of thiophene rings is 1. The van der Waals surface area contributed by atoms with E-state index in [1.165, 1.54) is 42.4 Å². The molecule has 0 fully saturated rings. The fourth-order valence-electron chi connectivity index (χ4n) is 4.70. The summed E-state index contributed by atoms with van der Waals surface area (Å²) in [6.45, 7) is 8.83. The molecule has 6 aromatic rings. The second-order valence-electron chi connectivity index (χ2n) is 9.79. The van der Waals surface area contributed by atoms with E-state index in [4.69, 9.17) is 9.40 Å². The van der Waals surface area contributed by atoms with Crippen molar-refractivity contribution < 1.29 is 4.42 Å². The van der Waals surface area contributed by atoms with Crippen LogP contribution in [0, 0.1) is 6.92 Å². The Morgan fingerprint density at radius 3 is 2.48 bits per heavy atom. The quantitative estimate of drug-likeness (QED) is 0.264. The summed E-state index contributed by atoms with van der Waals surface area (Å²) in [4.78, 5) is 6.09. The van der Waals surface area contributed by atoms with Crippen molar-refractivity contribution in [1.82, 2.24) is 4.98 Å². The van der Waals surface area contributed by atoms with E-state index >= 15 is 0 Å². The molecule has 3 heteroatoms. The molecule has 3 aromatic carbocycles. The van der Waals surface area contributed by atoms with Gasteiger partial charge in [-0.2, -0.15) is 0 Å². The summed E-state index contributed by atoms with van der Waals surface area (Å²) in [6, 6.07) is 26.2. The van der Waals surface area contributed by atoms with Gasteiger partial charge in [-0.25, -0.2) is 0 Å². The lowest BCUT2D eigenvalue weighted by atomic mass is 9.82. The molecule has 33 heavy (non-hydrogen) atoms. The van der Waals surface area contributed by atoms with Gasteiger partial charge in [0.05, 0.1) is 10.4 Å². The normalized spacial score (nSPS) is 12.2. The maximum absolute atomic E-state index is 5.88. The molecule has 0 unspecified atom stereocenters. The molecule has 162 valence electrons. The molecule has 0 saturated heterocycles. The van der Waals surface area contributed by atoms with Crippen LogP contribution in [-0.4, -0.2) is 4.98 Å². The van der Waals surface area contributed by atoms with Crippen molar-refractivity contribution in [3.63, 3.8) is 0 Å². The molecule has 0 aliphatic heterocycles. The van der Waals surface area contributed by atoms with Crippen LogP contribution in [-0.2, 0) is 5.41 Å². The number of hydrogen-bond donors (Lipinski definition) is 0. The second kappa shape index (κ2) is 7.29. The minimum absolute atomic E-state index is 0.0424. The predicted octanol–water partition coefficient (Wildman–Crippen LogP) is 9.14. The maximum atomic E-state index is 5.88. The van der Waals surface area contributed by atoms with Crippen molar-refractivity contribution in [3.8, 4) is 21.7 Å². The van der Waals surface area contributed by atoms with E-state index in [9.17, 15) is 0 Å². The number of hydrogen-bond acceptors (Lipinski definition) is 3. The summed E-state index contributed by atoms with van der Waals surface area (Å²) in [5, 5.41) is 4.94. The average Bonchev–Trinajstić information content (AvgIpc) is 3.39. The predicted molar refractivity (Wildman–Crippen MR) is 141 cm³/mol. The van der Waals surface area contributed by atoms with Gasteiger partial charge in [-0.1, -0.05) is 57.2 Å². The van der Waals surface area contributed by atoms with Crippen LogP contribution in [0.15, 0.2) is 83.4 Å². The van der Waals surface area contributed by atoms with Gasteiger partial charge >= 0.3 is 0 Å². The van der Waals surface area contributed by atoms with Gasteiger partial charge in [0, 0.05) is 22.0 Å². The van der Waals surface area contributed by atoms with E-state index in [-0.39, 0.29) is 5.41 Å². The van der Waals surface area contributed by atoms with Gasteiger partial charge in [0.15, 0.2) is 0 Å². The minimum atomic E-state index is 0.0424. The largest absolute Gasteiger partial charge is 0.461 e. The van der Waals surface area contributed by atoms with Gasteiger partial charge in [0.25, 0.3) is 0 Å². The van der Waals surface area contributed by atoms with Crippen molar-refractivity contribution in [1.29, 1.82) is 0 Å². The number of furan rings is 1. The Morgan fingerprint density at radius 2 is 1.64 bits per heavy atom. The molecule has 0 bridgehead atoms. The molecule has 0 aliphatic rings. The topological polar surface area (TPSA) is 26.0 Å². The summed E-state index contributed by atoms with van der Waals surface area (Å²) in [5.41, 5.74) is 5.73. The first-order valence-electron chi connectivity index (χ1n) is 11.3. The lowest BCUT2D eigenvalue weighted by Crippen LogP contribution is -2.12. The Labute approximate surface area is 197 Å². The zero-order valence-corrected chi connectivity index (χ0v) is 20.1. The molecule has 6 rings (SSSR count). The van der Waals surface area contributed by atoms with Crippen LogP contribution in [0.3, 0.4) is 0 Å². The third-order valence-corrected chi connectivity index (χ3v) is 7.51. The zero-order valence-electron chi connectivity index (χ0n) is 19.3. The molecule has 0 amide bonds. The first kappa shape index (κ1) is 20.2. The number of pyridine rings is 1. The van der Waals surface area contributed by atoms with Crippen molar-refractivity contribution in [2.24, 2.45) is 0 Å². The fraction of sp³-hybridized carbons (Fsp3) is 0.167. The molecular weight excluding hydrogens is 422 g/mol. The summed E-state index contributed by atoms with van der Waals surface area (Å²) < 4.78 is 7.10. The van der Waals surface area contributed by atoms with E-state index in [1.807, 2.05) is 13.1 Å². The number of fused-ring (bicyclic) bond motifs is 3. The van der Waals surface area contributed by atoms with Gasteiger partial charge in [0.2, 0.25) is 0 Å². The number of nitrogens with zero attached hydrogens (tertiary/aromatic N) is 1. The molecule has 3 aromatic heterocycles. The molecule has 0 radical (unpaired) electrons. The Hall–Kier alpha value is -3.43. The monoisotopic (exact) mass is 447 g/mol. The Kier molecular flexibility index (Phi) is 4.46. The highest BCUT2D eigenvalue weighted by Gasteiger charge is 2.20. The average molecular weight is 448 g/mol. The van der Waals surface area contributed by atoms with Crippen molar-refractivity contribution in [3.05, 3.63) is 90.3 Å². The molecule has 0 spiro atoms. The first-order chi connectivity index (χ1) is 15.9. The number of benzene rings is 3. The van der Waals surface area contributed by atoms with Gasteiger partial charge in [0.1, 0.15) is 11.3 Å². The lowest BCUT2D eigenvalue weighted by molar-refractivity contribution is 0.578. The minimum Gasteiger partial charge on any atom is -0.461 e. The number of rotatable bonds is 2. The summed E-state index contributed by atoms with van der Waals surface area (Å²) in [6.07, 6.45) is 1.93. The Balaban J connectivity index is 1.55. The Bertz CT molecular complexity index is 1660. The van der Waals surface area contributed by atoms with Crippen molar-refractivity contribution >= 4 is 43.2 Å². The highest BCUT2D eigenvalue weighted by molar-refractivity contribution is 7.22. The summed E-state index contributed by atoms with van der Waals surface area (Å²) in [5.74, 6) is 0.941. The van der Waals surface area contributed by atoms with Crippen LogP contribution in [0.5, 0.6) is 0 Å². The summed E-state index contributed by atoms with van der Waals surface area (Å²) >= 11 is 1.80. The van der Waals surface area contributed by atoms with E-state index in [2.05, 4.69) is 93.6 Å². The maximum Gasteiger partial charge on any atom is 0.134 e. The molecule has 0 atom stereocenters. The highest BCUT2D eigenvalue weighted by atomic mass is 32.1. The Morgan fingerprint density at radius 1 is 0.788 bits per heavy atom. The zero-order chi connectivity index (χ0) is 22.7. The van der Waals surface area contributed by atoms with E-state index < -0.39 is 0 Å². The first-order valence-corrected chi connectivity index (χ1v) is 12.1. The van der Waals surface area contributed by atoms with E-state index in [0.717, 1.165) is 22.4 Å². The third-order valence-electron chi connectivity index (χ3n) is 6.30. The van der Waals surface area contributed by atoms with Gasteiger partial charge in [-0.15, -0.1) is 11.3 Å². The third kappa shape index (κ3) is 3.44. The fourth-order valence-corrected chi connectivity index (χ4v) is 5.86. The van der Waals surface area contributed by atoms with Crippen LogP contribution < -0.4 is 0 Å². The molecule has 0 aliphatic carbocycles. The smallest absolute Gasteiger partial charge is 0.134 e. The van der Waals surface area contributed by atoms with E-state index in [1.54, 1.807) is 11.3 Å². The second-order valence-corrected chi connectivity index (χ2v) is 10.8. The van der Waals surface area contributed by atoms with Crippen LogP contribution >= 0.6 is 11.3 Å². The number of aromatic nitrogens is 1.